The van der Waals surface area contributed by atoms with Crippen LogP contribution in [0, 0.1) is 5.82 Å². The first kappa shape index (κ1) is 17.3. The van der Waals surface area contributed by atoms with E-state index < -0.39 is 24.3 Å². The minimum Gasteiger partial charge on any atom is -0.427 e. The molecule has 0 radical (unpaired) electrons. The molecule has 0 N–H and O–H groups in total. The number of halogens is 5. The number of alkyl halides is 3. The summed E-state index contributed by atoms with van der Waals surface area (Å²) in [5.74, 6) is -1.77. The van der Waals surface area contributed by atoms with Crippen molar-refractivity contribution in [2.75, 3.05) is 6.67 Å². The van der Waals surface area contributed by atoms with E-state index in [0.29, 0.717) is 22.0 Å². The molecule has 2 aromatic carbocycles. The largest absolute Gasteiger partial charge is 0.427 e. The zero-order chi connectivity index (χ0) is 18.0. The summed E-state index contributed by atoms with van der Waals surface area (Å²) >= 11 is 5.97. The molecule has 0 atom stereocenters. The number of hydrogen-bond acceptors (Lipinski definition) is 2. The molecular formula is C17H11ClF4N2O. The topological polar surface area (TPSA) is 27.1 Å². The van der Waals surface area contributed by atoms with Crippen LogP contribution in [0.4, 0.5) is 17.6 Å². The van der Waals surface area contributed by atoms with Crippen molar-refractivity contribution in [2.45, 2.75) is 6.11 Å². The van der Waals surface area contributed by atoms with E-state index in [4.69, 9.17) is 11.6 Å². The molecule has 0 bridgehead atoms. The average molecular weight is 371 g/mol. The predicted molar refractivity (Wildman–Crippen MR) is 85.5 cm³/mol. The van der Waals surface area contributed by atoms with E-state index in [-0.39, 0.29) is 0 Å². The van der Waals surface area contributed by atoms with Gasteiger partial charge in [0, 0.05) is 10.6 Å². The number of ether oxygens (including phenoxy) is 1. The molecule has 3 nitrogen and oxygen atoms in total. The second-order valence-corrected chi connectivity index (χ2v) is 5.56. The number of hydrogen-bond donors (Lipinski definition) is 0. The summed E-state index contributed by atoms with van der Waals surface area (Å²) in [5.41, 5.74) is 1.49. The van der Waals surface area contributed by atoms with Crippen LogP contribution in [0.15, 0.2) is 54.7 Å². The molecule has 0 aliphatic carbocycles. The van der Waals surface area contributed by atoms with Gasteiger partial charge in [0.15, 0.2) is 18.2 Å². The third-order valence-corrected chi connectivity index (χ3v) is 3.57. The third-order valence-electron chi connectivity index (χ3n) is 3.34. The van der Waals surface area contributed by atoms with Gasteiger partial charge < -0.3 is 4.74 Å². The fourth-order valence-electron chi connectivity index (χ4n) is 2.26. The standard InChI is InChI=1S/C17H11ClF4N2O/c18-12-2-1-3-13(9-12)24-15(6-7-23-24)11-4-5-14(20)16(8-11)25-17(21,22)10-19/h1-9H,10H2. The average Bonchev–Trinajstić information content (AvgIpc) is 3.06. The van der Waals surface area contributed by atoms with Crippen LogP contribution in [0.1, 0.15) is 0 Å². The Kier molecular flexibility index (Phi) is 4.67. The van der Waals surface area contributed by atoms with Gasteiger partial charge in [0.25, 0.3) is 0 Å². The highest BCUT2D eigenvalue weighted by Gasteiger charge is 2.33. The summed E-state index contributed by atoms with van der Waals surface area (Å²) in [6.45, 7) is -2.06. The van der Waals surface area contributed by atoms with Crippen LogP contribution in [0.5, 0.6) is 5.75 Å². The number of rotatable bonds is 5. The molecule has 8 heteroatoms. The molecule has 3 rings (SSSR count). The highest BCUT2D eigenvalue weighted by molar-refractivity contribution is 6.30. The molecule has 3 aromatic rings. The maximum absolute atomic E-state index is 13.7. The van der Waals surface area contributed by atoms with E-state index >= 15 is 0 Å². The Morgan fingerprint density at radius 1 is 1.12 bits per heavy atom. The van der Waals surface area contributed by atoms with Crippen LogP contribution >= 0.6 is 11.6 Å². The first-order valence-corrected chi connectivity index (χ1v) is 7.50. The van der Waals surface area contributed by atoms with Gasteiger partial charge in [-0.3, -0.25) is 0 Å². The number of nitrogens with zero attached hydrogens (tertiary/aromatic N) is 2. The van der Waals surface area contributed by atoms with Crippen LogP contribution in [-0.4, -0.2) is 22.6 Å². The van der Waals surface area contributed by atoms with Crippen LogP contribution in [0.2, 0.25) is 5.02 Å². The fraction of sp³-hybridized carbons (Fsp3) is 0.118. The molecule has 0 fully saturated rings. The minimum absolute atomic E-state index is 0.364. The Hall–Kier alpha value is -2.54. The van der Waals surface area contributed by atoms with E-state index in [0.717, 1.165) is 12.1 Å². The molecular weight excluding hydrogens is 360 g/mol. The SMILES string of the molecule is FCC(F)(F)Oc1cc(-c2ccnn2-c2cccc(Cl)c2)ccc1F. The zero-order valence-electron chi connectivity index (χ0n) is 12.6. The summed E-state index contributed by atoms with van der Waals surface area (Å²) in [4.78, 5) is 0. The first-order valence-electron chi connectivity index (χ1n) is 7.12. The van der Waals surface area contributed by atoms with Gasteiger partial charge in [0.05, 0.1) is 17.6 Å². The Labute approximate surface area is 145 Å². The quantitative estimate of drug-likeness (QED) is 0.572. The Morgan fingerprint density at radius 2 is 1.92 bits per heavy atom. The lowest BCUT2D eigenvalue weighted by Crippen LogP contribution is -2.27. The Morgan fingerprint density at radius 3 is 2.64 bits per heavy atom. The first-order chi connectivity index (χ1) is 11.9. The summed E-state index contributed by atoms with van der Waals surface area (Å²) < 4.78 is 57.8. The second-order valence-electron chi connectivity index (χ2n) is 5.13. The molecule has 130 valence electrons. The molecule has 0 amide bonds. The van der Waals surface area contributed by atoms with Crippen molar-refractivity contribution in [3.8, 4) is 22.7 Å². The predicted octanol–water partition coefficient (Wildman–Crippen LogP) is 5.27. The lowest BCUT2D eigenvalue weighted by molar-refractivity contribution is -0.187. The Bertz CT molecular complexity index is 898. The van der Waals surface area contributed by atoms with Gasteiger partial charge in [-0.2, -0.15) is 13.9 Å². The van der Waals surface area contributed by atoms with Crippen molar-refractivity contribution in [2.24, 2.45) is 0 Å². The number of aromatic nitrogens is 2. The molecule has 0 aliphatic heterocycles. The molecule has 25 heavy (non-hydrogen) atoms. The van der Waals surface area contributed by atoms with Crippen molar-refractivity contribution < 1.29 is 22.3 Å². The van der Waals surface area contributed by atoms with Crippen LogP contribution < -0.4 is 4.74 Å². The summed E-state index contributed by atoms with van der Waals surface area (Å²) in [6.07, 6.45) is -2.61. The van der Waals surface area contributed by atoms with Crippen molar-refractivity contribution in [1.29, 1.82) is 0 Å². The highest BCUT2D eigenvalue weighted by atomic mass is 35.5. The van der Waals surface area contributed by atoms with Crippen molar-refractivity contribution in [3.05, 3.63) is 65.6 Å². The number of benzene rings is 2. The highest BCUT2D eigenvalue weighted by Crippen LogP contribution is 2.31. The van der Waals surface area contributed by atoms with Gasteiger partial charge in [-0.05, 0) is 42.5 Å². The molecule has 0 spiro atoms. The minimum atomic E-state index is -4.10. The monoisotopic (exact) mass is 370 g/mol. The maximum Gasteiger partial charge on any atom is 0.427 e. The van der Waals surface area contributed by atoms with Crippen LogP contribution in [0.3, 0.4) is 0 Å². The lowest BCUT2D eigenvalue weighted by atomic mass is 10.1. The van der Waals surface area contributed by atoms with Crippen molar-refractivity contribution in [1.82, 2.24) is 9.78 Å². The van der Waals surface area contributed by atoms with Crippen molar-refractivity contribution >= 4 is 11.6 Å². The smallest absolute Gasteiger partial charge is 0.427 e. The maximum atomic E-state index is 13.7. The molecule has 0 saturated carbocycles. The normalized spacial score (nSPS) is 11.6. The van der Waals surface area contributed by atoms with Gasteiger partial charge in [0.1, 0.15) is 0 Å². The molecule has 0 unspecified atom stereocenters. The van der Waals surface area contributed by atoms with Gasteiger partial charge in [0.2, 0.25) is 0 Å². The fourth-order valence-corrected chi connectivity index (χ4v) is 2.45. The summed E-state index contributed by atoms with van der Waals surface area (Å²) in [5, 5.41) is 4.65. The molecule has 0 aliphatic rings. The van der Waals surface area contributed by atoms with E-state index in [9.17, 15) is 17.6 Å². The summed E-state index contributed by atoms with van der Waals surface area (Å²) in [7, 11) is 0. The lowest BCUT2D eigenvalue weighted by Gasteiger charge is -2.16. The van der Waals surface area contributed by atoms with Gasteiger partial charge in [-0.15, -0.1) is 0 Å². The van der Waals surface area contributed by atoms with Crippen molar-refractivity contribution in [3.63, 3.8) is 0 Å². The Balaban J connectivity index is 2.03. The van der Waals surface area contributed by atoms with Gasteiger partial charge in [-0.1, -0.05) is 17.7 Å². The second kappa shape index (κ2) is 6.76. The third kappa shape index (κ3) is 3.76. The molecule has 1 aromatic heterocycles. The van der Waals surface area contributed by atoms with E-state index in [2.05, 4.69) is 9.84 Å². The summed E-state index contributed by atoms with van der Waals surface area (Å²) in [6, 6.07) is 11.9. The molecule has 0 saturated heterocycles. The van der Waals surface area contributed by atoms with Crippen LogP contribution in [-0.2, 0) is 0 Å². The van der Waals surface area contributed by atoms with E-state index in [1.54, 1.807) is 30.3 Å². The van der Waals surface area contributed by atoms with E-state index in [1.165, 1.54) is 16.9 Å². The molecule has 1 heterocycles. The van der Waals surface area contributed by atoms with E-state index in [1.807, 2.05) is 0 Å². The van der Waals surface area contributed by atoms with Crippen LogP contribution in [0.25, 0.3) is 16.9 Å². The zero-order valence-corrected chi connectivity index (χ0v) is 13.4. The van der Waals surface area contributed by atoms with Gasteiger partial charge in [-0.25, -0.2) is 13.5 Å². The van der Waals surface area contributed by atoms with Gasteiger partial charge >= 0.3 is 6.11 Å².